The Balaban J connectivity index is 1.39. The molecular formula is C34H42N6O4. The van der Waals surface area contributed by atoms with E-state index in [1.54, 1.807) is 24.2 Å². The second kappa shape index (κ2) is 13.1. The highest BCUT2D eigenvalue weighted by atomic mass is 16.6. The van der Waals surface area contributed by atoms with E-state index >= 15 is 0 Å². The normalized spacial score (nSPS) is 16.7. The minimum atomic E-state index is -0.542. The van der Waals surface area contributed by atoms with Gasteiger partial charge in [-0.3, -0.25) is 0 Å². The molecule has 2 aromatic carbocycles. The Labute approximate surface area is 258 Å². The Morgan fingerprint density at radius 2 is 1.86 bits per heavy atom. The van der Waals surface area contributed by atoms with Crippen molar-refractivity contribution >= 4 is 28.5 Å². The van der Waals surface area contributed by atoms with E-state index in [9.17, 15) is 9.90 Å². The lowest BCUT2D eigenvalue weighted by atomic mass is 10.0. The Morgan fingerprint density at radius 3 is 2.64 bits per heavy atom. The number of anilines is 2. The third-order valence-corrected chi connectivity index (χ3v) is 7.62. The summed E-state index contributed by atoms with van der Waals surface area (Å²) in [4.78, 5) is 28.2. The summed E-state index contributed by atoms with van der Waals surface area (Å²) >= 11 is 0. The molecule has 3 heterocycles. The van der Waals surface area contributed by atoms with E-state index < -0.39 is 11.7 Å². The van der Waals surface area contributed by atoms with Crippen LogP contribution >= 0.6 is 0 Å². The van der Waals surface area contributed by atoms with Crippen LogP contribution in [0.2, 0.25) is 0 Å². The Morgan fingerprint density at radius 1 is 1.05 bits per heavy atom. The summed E-state index contributed by atoms with van der Waals surface area (Å²) in [5.74, 6) is 1.60. The quantitative estimate of drug-likeness (QED) is 0.201. The number of piperidine rings is 1. The number of ether oxygens (including phenoxy) is 2. The van der Waals surface area contributed by atoms with E-state index in [1.807, 2.05) is 77.1 Å². The topological polar surface area (TPSA) is 122 Å². The van der Waals surface area contributed by atoms with E-state index in [0.717, 1.165) is 40.4 Å². The monoisotopic (exact) mass is 598 g/mol. The van der Waals surface area contributed by atoms with Crippen LogP contribution < -0.4 is 15.4 Å². The third-order valence-electron chi connectivity index (χ3n) is 7.62. The number of pyridine rings is 1. The van der Waals surface area contributed by atoms with E-state index in [2.05, 4.69) is 26.7 Å². The van der Waals surface area contributed by atoms with Gasteiger partial charge in [-0.05, 0) is 84.2 Å². The number of nitrogens with one attached hydrogen (secondary N) is 2. The van der Waals surface area contributed by atoms with Crippen LogP contribution in [0.5, 0.6) is 11.6 Å². The molecule has 1 fully saturated rings. The summed E-state index contributed by atoms with van der Waals surface area (Å²) < 4.78 is 12.1. The van der Waals surface area contributed by atoms with Gasteiger partial charge in [-0.15, -0.1) is 0 Å². The SMILES string of the molecule is Cc1ccc2c(N[C@H](C)[C@@H](C)O)cccc2c1Oc1ncccc1-c1ccnc(NC2CCCN(C(=O)OC(C)(C)C)C2)n1. The molecule has 3 N–H and O–H groups in total. The molecule has 1 aliphatic rings. The number of aliphatic hydroxyl groups excluding tert-OH is 1. The molecule has 1 saturated heterocycles. The van der Waals surface area contributed by atoms with Crippen LogP contribution in [-0.4, -0.2) is 67.9 Å². The zero-order valence-corrected chi connectivity index (χ0v) is 26.3. The molecule has 10 nitrogen and oxygen atoms in total. The van der Waals surface area contributed by atoms with E-state index in [4.69, 9.17) is 14.5 Å². The molecule has 1 amide bonds. The first kappa shape index (κ1) is 31.0. The number of carbonyl (C=O) groups excluding carboxylic acids is 1. The fourth-order valence-electron chi connectivity index (χ4n) is 5.18. The van der Waals surface area contributed by atoms with Crippen LogP contribution in [-0.2, 0) is 4.74 Å². The Bertz CT molecular complexity index is 1620. The van der Waals surface area contributed by atoms with Gasteiger partial charge in [0.05, 0.1) is 17.4 Å². The van der Waals surface area contributed by atoms with Crippen LogP contribution in [0.4, 0.5) is 16.4 Å². The van der Waals surface area contributed by atoms with E-state index in [1.165, 1.54) is 0 Å². The number of carbonyl (C=O) groups is 1. The largest absolute Gasteiger partial charge is 0.444 e. The van der Waals surface area contributed by atoms with Gasteiger partial charge < -0.3 is 30.1 Å². The number of likely N-dealkylation sites (tertiary alicyclic amines) is 1. The first-order chi connectivity index (χ1) is 21.0. The maximum atomic E-state index is 12.6. The fraction of sp³-hybridized carbons (Fsp3) is 0.412. The highest BCUT2D eigenvalue weighted by Crippen LogP contribution is 2.38. The number of hydrogen-bond acceptors (Lipinski definition) is 9. The molecule has 0 radical (unpaired) electrons. The summed E-state index contributed by atoms with van der Waals surface area (Å²) in [5, 5.41) is 18.8. The highest BCUT2D eigenvalue weighted by molar-refractivity contribution is 5.98. The first-order valence-corrected chi connectivity index (χ1v) is 15.2. The van der Waals surface area contributed by atoms with Crippen LogP contribution in [0, 0.1) is 6.92 Å². The number of fused-ring (bicyclic) bond motifs is 1. The van der Waals surface area contributed by atoms with Crippen molar-refractivity contribution in [1.29, 1.82) is 0 Å². The van der Waals surface area contributed by atoms with Crippen molar-refractivity contribution in [3.8, 4) is 22.9 Å². The molecule has 4 aromatic rings. The molecule has 0 bridgehead atoms. The molecular weight excluding hydrogens is 556 g/mol. The van der Waals surface area contributed by atoms with E-state index in [0.29, 0.717) is 36.4 Å². The Kier molecular flexibility index (Phi) is 9.20. The average molecular weight is 599 g/mol. The lowest BCUT2D eigenvalue weighted by Gasteiger charge is -2.34. The van der Waals surface area contributed by atoms with Gasteiger partial charge in [0.1, 0.15) is 11.4 Å². The molecule has 3 atom stereocenters. The van der Waals surface area contributed by atoms with Crippen molar-refractivity contribution < 1.29 is 19.4 Å². The zero-order valence-electron chi connectivity index (χ0n) is 26.3. The van der Waals surface area contributed by atoms with Gasteiger partial charge in [0.25, 0.3) is 0 Å². The minimum absolute atomic E-state index is 0.00573. The number of aromatic nitrogens is 3. The summed E-state index contributed by atoms with van der Waals surface area (Å²) in [7, 11) is 0. The number of rotatable bonds is 8. The number of hydrogen-bond donors (Lipinski definition) is 3. The molecule has 0 aliphatic carbocycles. The van der Waals surface area contributed by atoms with Crippen LogP contribution in [0.3, 0.4) is 0 Å². The van der Waals surface area contributed by atoms with Crippen LogP contribution in [0.25, 0.3) is 22.0 Å². The van der Waals surface area contributed by atoms with Gasteiger partial charge in [0, 0.05) is 54.0 Å². The number of benzene rings is 2. The summed E-state index contributed by atoms with van der Waals surface area (Å²) in [6.07, 6.45) is 4.35. The van der Waals surface area contributed by atoms with Crippen molar-refractivity contribution in [2.75, 3.05) is 23.7 Å². The second-order valence-electron chi connectivity index (χ2n) is 12.4. The van der Waals surface area contributed by atoms with Crippen molar-refractivity contribution in [2.24, 2.45) is 0 Å². The second-order valence-corrected chi connectivity index (χ2v) is 12.4. The van der Waals surface area contributed by atoms with Crippen molar-refractivity contribution in [3.05, 3.63) is 66.5 Å². The van der Waals surface area contributed by atoms with Gasteiger partial charge in [0.15, 0.2) is 0 Å². The molecule has 5 rings (SSSR count). The van der Waals surface area contributed by atoms with Crippen molar-refractivity contribution in [3.63, 3.8) is 0 Å². The third kappa shape index (κ3) is 7.37. The smallest absolute Gasteiger partial charge is 0.410 e. The van der Waals surface area contributed by atoms with Gasteiger partial charge in [-0.1, -0.05) is 24.3 Å². The fourth-order valence-corrected chi connectivity index (χ4v) is 5.18. The number of aliphatic hydroxyl groups is 1. The lowest BCUT2D eigenvalue weighted by molar-refractivity contribution is 0.0206. The van der Waals surface area contributed by atoms with Gasteiger partial charge in [-0.25, -0.2) is 19.7 Å². The Hall–Kier alpha value is -4.44. The van der Waals surface area contributed by atoms with Gasteiger partial charge in [0.2, 0.25) is 11.8 Å². The number of amides is 1. The van der Waals surface area contributed by atoms with Crippen molar-refractivity contribution in [1.82, 2.24) is 19.9 Å². The maximum absolute atomic E-state index is 12.6. The maximum Gasteiger partial charge on any atom is 0.410 e. The summed E-state index contributed by atoms with van der Waals surface area (Å²) in [6, 6.07) is 15.6. The molecule has 0 spiro atoms. The molecule has 1 aliphatic heterocycles. The molecule has 44 heavy (non-hydrogen) atoms. The van der Waals surface area contributed by atoms with Gasteiger partial charge in [-0.2, -0.15) is 0 Å². The minimum Gasteiger partial charge on any atom is -0.444 e. The standard InChI is InChI=1S/C34H42N6O4/c1-21-14-15-25-26(11-7-13-28(25)37-22(2)23(3)41)30(21)43-31-27(12-8-17-35-31)29-16-18-36-32(39-29)38-24-10-9-19-40(20-24)33(42)44-34(4,5)6/h7-8,11-18,22-24,37,41H,9-10,19-20H2,1-6H3,(H,36,38,39)/t22-,23-,24?/m1/s1. The molecule has 2 aromatic heterocycles. The number of aryl methyl sites for hydroxylation is 1. The highest BCUT2D eigenvalue weighted by Gasteiger charge is 2.28. The van der Waals surface area contributed by atoms with Gasteiger partial charge >= 0.3 is 6.09 Å². The predicted molar refractivity (Wildman–Crippen MR) is 173 cm³/mol. The van der Waals surface area contributed by atoms with Crippen LogP contribution in [0.15, 0.2) is 60.9 Å². The molecule has 1 unspecified atom stereocenters. The van der Waals surface area contributed by atoms with E-state index in [-0.39, 0.29) is 18.2 Å². The molecule has 0 saturated carbocycles. The van der Waals surface area contributed by atoms with Crippen LogP contribution in [0.1, 0.15) is 53.0 Å². The summed E-state index contributed by atoms with van der Waals surface area (Å²) in [6.45, 7) is 12.5. The molecule has 10 heteroatoms. The summed E-state index contributed by atoms with van der Waals surface area (Å²) in [5.41, 5.74) is 2.73. The molecule has 232 valence electrons. The lowest BCUT2D eigenvalue weighted by Crippen LogP contribution is -2.47. The van der Waals surface area contributed by atoms with Crippen molar-refractivity contribution in [2.45, 2.75) is 78.2 Å². The zero-order chi connectivity index (χ0) is 31.4. The number of nitrogens with zero attached hydrogens (tertiary/aromatic N) is 4. The predicted octanol–water partition coefficient (Wildman–Crippen LogP) is 6.79. The average Bonchev–Trinajstić information content (AvgIpc) is 2.98. The first-order valence-electron chi connectivity index (χ1n) is 15.2.